The first-order valence-electron chi connectivity index (χ1n) is 11.1. The van der Waals surface area contributed by atoms with Gasteiger partial charge in [-0.2, -0.15) is 0 Å². The lowest BCUT2D eigenvalue weighted by molar-refractivity contribution is -0.122. The van der Waals surface area contributed by atoms with Crippen LogP contribution in [0.25, 0.3) is 0 Å². The smallest absolute Gasteiger partial charge is 0.220 e. The van der Waals surface area contributed by atoms with Crippen LogP contribution in [0.1, 0.15) is 51.0 Å². The maximum atomic E-state index is 11.4. The van der Waals surface area contributed by atoms with E-state index >= 15 is 0 Å². The number of nitrogens with one attached hydrogen (secondary N) is 1. The van der Waals surface area contributed by atoms with Crippen molar-refractivity contribution in [3.05, 3.63) is 36.5 Å². The van der Waals surface area contributed by atoms with Crippen LogP contribution in [0.3, 0.4) is 0 Å². The van der Waals surface area contributed by atoms with Gasteiger partial charge in [0.05, 0.1) is 6.54 Å². The van der Waals surface area contributed by atoms with Crippen molar-refractivity contribution in [3.63, 3.8) is 0 Å². The average Bonchev–Trinajstić information content (AvgIpc) is 2.76. The molecule has 0 radical (unpaired) electrons. The fraction of sp³-hybridized carbons (Fsp3) is 0.609. The molecule has 8 heteroatoms. The van der Waals surface area contributed by atoms with Crippen LogP contribution in [0.4, 0.5) is 5.82 Å². The molecule has 1 aromatic heterocycles. The molecule has 0 aliphatic carbocycles. The minimum Gasteiger partial charge on any atom is -0.369 e. The second kappa shape index (κ2) is 15.0. The number of carbonyl (C=O) groups excluding carboxylic acids is 1. The molecule has 0 spiro atoms. The number of allylic oxidation sites excluding steroid dienone is 1. The molecule has 31 heavy (non-hydrogen) atoms. The molecule has 3 N–H and O–H groups in total. The van der Waals surface area contributed by atoms with E-state index in [1.807, 2.05) is 18.3 Å². The maximum Gasteiger partial charge on any atom is 0.220 e. The first kappa shape index (κ1) is 27.2. The van der Waals surface area contributed by atoms with Gasteiger partial charge >= 0.3 is 0 Å². The van der Waals surface area contributed by atoms with E-state index in [0.29, 0.717) is 6.54 Å². The zero-order valence-corrected chi connectivity index (χ0v) is 21.4. The molecule has 2 rings (SSSR count). The van der Waals surface area contributed by atoms with Crippen molar-refractivity contribution >= 4 is 41.7 Å². The molecule has 1 aliphatic rings. The first-order chi connectivity index (χ1) is 14.6. The van der Waals surface area contributed by atoms with E-state index in [4.69, 9.17) is 10.7 Å². The average molecular weight is 543 g/mol. The number of anilines is 1. The molecule has 174 valence electrons. The quantitative estimate of drug-likeness (QED) is 0.147. The lowest BCUT2D eigenvalue weighted by Gasteiger charge is -2.32. The number of aromatic nitrogens is 1. The van der Waals surface area contributed by atoms with Gasteiger partial charge in [0.25, 0.3) is 0 Å². The van der Waals surface area contributed by atoms with Gasteiger partial charge < -0.3 is 20.9 Å². The van der Waals surface area contributed by atoms with Gasteiger partial charge in [0, 0.05) is 50.9 Å². The molecule has 1 amide bonds. The number of pyridine rings is 1. The van der Waals surface area contributed by atoms with Crippen molar-refractivity contribution in [2.45, 2.75) is 52.0 Å². The zero-order valence-electron chi connectivity index (χ0n) is 19.1. The van der Waals surface area contributed by atoms with E-state index in [9.17, 15) is 4.79 Å². The lowest BCUT2D eigenvalue weighted by Crippen LogP contribution is -2.40. The fourth-order valence-electron chi connectivity index (χ4n) is 3.76. The SMILES string of the molecule is C=CCCCCCN(C)C(=NCc1cccnc1N1CCC(C(N)=O)CC1)NCC.I. The fourth-order valence-corrected chi connectivity index (χ4v) is 3.76. The number of amides is 1. The Bertz CT molecular complexity index is 703. The number of primary amides is 1. The van der Waals surface area contributed by atoms with Crippen molar-refractivity contribution in [2.75, 3.05) is 38.1 Å². The molecule has 0 bridgehead atoms. The highest BCUT2D eigenvalue weighted by Gasteiger charge is 2.24. The molecular weight excluding hydrogens is 503 g/mol. The second-order valence-corrected chi connectivity index (χ2v) is 7.88. The largest absolute Gasteiger partial charge is 0.369 e. The van der Waals surface area contributed by atoms with Crippen LogP contribution in [0.2, 0.25) is 0 Å². The number of nitrogens with zero attached hydrogens (tertiary/aromatic N) is 4. The van der Waals surface area contributed by atoms with E-state index in [2.05, 4.69) is 46.7 Å². The third-order valence-electron chi connectivity index (χ3n) is 5.56. The standard InChI is InChI=1S/C23H38N6O.HI/c1-4-6-7-8-9-15-28(3)23(25-5-2)27-18-20-11-10-14-26-22(20)29-16-12-19(13-17-29)21(24)30;/h4,10-11,14,19H,1,5-9,12-13,15-18H2,2-3H3,(H2,24,30)(H,25,27);1H. The number of carbonyl (C=O) groups is 1. The second-order valence-electron chi connectivity index (χ2n) is 7.88. The summed E-state index contributed by atoms with van der Waals surface area (Å²) in [5, 5.41) is 3.40. The van der Waals surface area contributed by atoms with Crippen molar-refractivity contribution in [3.8, 4) is 0 Å². The highest BCUT2D eigenvalue weighted by atomic mass is 127. The van der Waals surface area contributed by atoms with Gasteiger partial charge in [-0.05, 0) is 45.1 Å². The van der Waals surface area contributed by atoms with Crippen molar-refractivity contribution in [2.24, 2.45) is 16.6 Å². The Kier molecular flexibility index (Phi) is 13.2. The third kappa shape index (κ3) is 9.04. The van der Waals surface area contributed by atoms with Gasteiger partial charge in [-0.25, -0.2) is 9.98 Å². The molecule has 1 fully saturated rings. The summed E-state index contributed by atoms with van der Waals surface area (Å²) in [6.45, 7) is 9.85. The zero-order chi connectivity index (χ0) is 21.8. The summed E-state index contributed by atoms with van der Waals surface area (Å²) in [6, 6.07) is 4.05. The number of hydrogen-bond acceptors (Lipinski definition) is 4. The summed E-state index contributed by atoms with van der Waals surface area (Å²) in [5.74, 6) is 1.67. The van der Waals surface area contributed by atoms with Crippen LogP contribution in [0.15, 0.2) is 36.0 Å². The van der Waals surface area contributed by atoms with Crippen molar-refractivity contribution in [1.29, 1.82) is 0 Å². The Morgan fingerprint density at radius 1 is 1.39 bits per heavy atom. The number of unbranched alkanes of at least 4 members (excludes halogenated alkanes) is 3. The summed E-state index contributed by atoms with van der Waals surface area (Å²) in [6.07, 6.45) is 9.98. The van der Waals surface area contributed by atoms with Gasteiger partial charge in [0.1, 0.15) is 5.82 Å². The molecule has 1 saturated heterocycles. The molecule has 1 aromatic rings. The van der Waals surface area contributed by atoms with Gasteiger partial charge in [-0.1, -0.05) is 18.6 Å². The molecule has 1 aliphatic heterocycles. The van der Waals surface area contributed by atoms with E-state index in [1.54, 1.807) is 0 Å². The Morgan fingerprint density at radius 3 is 2.77 bits per heavy atom. The Balaban J connectivity index is 0.00000480. The third-order valence-corrected chi connectivity index (χ3v) is 5.56. The molecular formula is C23H39IN6O. The summed E-state index contributed by atoms with van der Waals surface area (Å²) in [4.78, 5) is 25.4. The number of hydrogen-bond donors (Lipinski definition) is 2. The number of piperidine rings is 1. The minimum atomic E-state index is -0.191. The molecule has 7 nitrogen and oxygen atoms in total. The van der Waals surface area contributed by atoms with Crippen molar-refractivity contribution < 1.29 is 4.79 Å². The van der Waals surface area contributed by atoms with Gasteiger partial charge in [-0.15, -0.1) is 30.6 Å². The highest BCUT2D eigenvalue weighted by molar-refractivity contribution is 14.0. The summed E-state index contributed by atoms with van der Waals surface area (Å²) in [5.41, 5.74) is 6.57. The van der Waals surface area contributed by atoms with Gasteiger partial charge in [0.2, 0.25) is 5.91 Å². The van der Waals surface area contributed by atoms with Gasteiger partial charge in [-0.3, -0.25) is 4.79 Å². The Hall–Kier alpha value is -1.84. The molecule has 0 atom stereocenters. The highest BCUT2D eigenvalue weighted by Crippen LogP contribution is 2.25. The van der Waals surface area contributed by atoms with Crippen LogP contribution in [-0.4, -0.2) is 55.0 Å². The topological polar surface area (TPSA) is 86.8 Å². The normalized spacial score (nSPS) is 14.6. The number of rotatable bonds is 11. The molecule has 0 unspecified atom stereocenters. The van der Waals surface area contributed by atoms with E-state index < -0.39 is 0 Å². The van der Waals surface area contributed by atoms with Crippen LogP contribution in [0.5, 0.6) is 0 Å². The van der Waals surface area contributed by atoms with E-state index in [1.165, 1.54) is 12.8 Å². The maximum absolute atomic E-state index is 11.4. The Labute approximate surface area is 204 Å². The summed E-state index contributed by atoms with van der Waals surface area (Å²) in [7, 11) is 2.09. The molecule has 0 saturated carbocycles. The van der Waals surface area contributed by atoms with Crippen molar-refractivity contribution in [1.82, 2.24) is 15.2 Å². The van der Waals surface area contributed by atoms with Gasteiger partial charge in [0.15, 0.2) is 5.96 Å². The lowest BCUT2D eigenvalue weighted by atomic mass is 9.96. The van der Waals surface area contributed by atoms with Crippen LogP contribution >= 0.6 is 24.0 Å². The number of halogens is 1. The van der Waals surface area contributed by atoms with Crippen LogP contribution in [0, 0.1) is 5.92 Å². The van der Waals surface area contributed by atoms with E-state index in [0.717, 1.165) is 69.2 Å². The molecule has 2 heterocycles. The Morgan fingerprint density at radius 2 is 2.13 bits per heavy atom. The number of aliphatic imine (C=N–C) groups is 1. The minimum absolute atomic E-state index is 0. The monoisotopic (exact) mass is 542 g/mol. The number of nitrogens with two attached hydrogens (primary N) is 1. The predicted molar refractivity (Wildman–Crippen MR) is 140 cm³/mol. The van der Waals surface area contributed by atoms with E-state index in [-0.39, 0.29) is 35.8 Å². The van der Waals surface area contributed by atoms with Crippen LogP contribution < -0.4 is 16.0 Å². The van der Waals surface area contributed by atoms with Crippen LogP contribution in [-0.2, 0) is 11.3 Å². The number of guanidine groups is 1. The summed E-state index contributed by atoms with van der Waals surface area (Å²) >= 11 is 0. The predicted octanol–water partition coefficient (Wildman–Crippen LogP) is 3.55. The molecule has 0 aromatic carbocycles. The first-order valence-corrected chi connectivity index (χ1v) is 11.1. The summed E-state index contributed by atoms with van der Waals surface area (Å²) < 4.78 is 0.